The predicted molar refractivity (Wildman–Crippen MR) is 109 cm³/mol. The average molecular weight is 401 g/mol. The molecule has 30 heavy (non-hydrogen) atoms. The lowest BCUT2D eigenvalue weighted by Gasteiger charge is -2.25. The lowest BCUT2D eigenvalue weighted by molar-refractivity contribution is 0.0716. The second-order valence-electron chi connectivity index (χ2n) is 7.39. The highest BCUT2D eigenvalue weighted by Gasteiger charge is 2.43. The van der Waals surface area contributed by atoms with Crippen molar-refractivity contribution in [1.29, 1.82) is 0 Å². The van der Waals surface area contributed by atoms with Crippen LogP contribution in [0.5, 0.6) is 11.5 Å². The maximum Gasteiger partial charge on any atom is 0.273 e. The number of hydrogen-bond acceptors (Lipinski definition) is 5. The molecular formula is C23H19N3O4. The minimum absolute atomic E-state index is 0.0847. The predicted octanol–water partition coefficient (Wildman–Crippen LogP) is 4.13. The van der Waals surface area contributed by atoms with Crippen LogP contribution in [-0.4, -0.2) is 31.2 Å². The number of furan rings is 1. The maximum absolute atomic E-state index is 13.3. The monoisotopic (exact) mass is 401 g/mol. The molecule has 2 aromatic heterocycles. The molecule has 2 aromatic carbocycles. The highest BCUT2D eigenvalue weighted by molar-refractivity contribution is 6.00. The third-order valence-corrected chi connectivity index (χ3v) is 5.36. The Morgan fingerprint density at radius 3 is 2.77 bits per heavy atom. The molecule has 0 saturated carbocycles. The van der Waals surface area contributed by atoms with Crippen LogP contribution in [-0.2, 0) is 6.54 Å². The van der Waals surface area contributed by atoms with Crippen LogP contribution in [0.4, 0.5) is 0 Å². The largest absolute Gasteiger partial charge is 0.508 e. The van der Waals surface area contributed by atoms with E-state index >= 15 is 0 Å². The lowest BCUT2D eigenvalue weighted by atomic mass is 9.95. The standard InChI is InChI=1S/C23H19N3O4/c1-13-7-8-18(28)17(10-13)20-19-21(25-24-20)23(29)26(12-16-6-3-9-30-16)22(19)14-4-2-5-15(27)11-14/h2-11,22,27-28H,12H2,1H3,(H,24,25)/t22-/m0/s1. The van der Waals surface area contributed by atoms with Gasteiger partial charge in [0.2, 0.25) is 0 Å². The fourth-order valence-electron chi connectivity index (χ4n) is 4.02. The smallest absolute Gasteiger partial charge is 0.273 e. The molecule has 1 aliphatic rings. The number of aromatic hydroxyl groups is 2. The van der Waals surface area contributed by atoms with E-state index in [4.69, 9.17) is 4.42 Å². The van der Waals surface area contributed by atoms with E-state index in [9.17, 15) is 15.0 Å². The lowest BCUT2D eigenvalue weighted by Crippen LogP contribution is -2.28. The van der Waals surface area contributed by atoms with Gasteiger partial charge in [-0.3, -0.25) is 9.89 Å². The van der Waals surface area contributed by atoms with Gasteiger partial charge in [-0.1, -0.05) is 23.8 Å². The zero-order valence-corrected chi connectivity index (χ0v) is 16.2. The molecule has 0 bridgehead atoms. The number of hydrogen-bond donors (Lipinski definition) is 3. The summed E-state index contributed by atoms with van der Waals surface area (Å²) in [6, 6.07) is 15.2. The number of H-pyrrole nitrogens is 1. The van der Waals surface area contributed by atoms with Gasteiger partial charge in [-0.05, 0) is 48.9 Å². The van der Waals surface area contributed by atoms with Crippen molar-refractivity contribution in [2.75, 3.05) is 0 Å². The first kappa shape index (κ1) is 18.1. The number of phenolic OH excluding ortho intramolecular Hbond substituents is 2. The Bertz CT molecular complexity index is 1240. The number of aromatic nitrogens is 2. The summed E-state index contributed by atoms with van der Waals surface area (Å²) in [5.41, 5.74) is 3.79. The SMILES string of the molecule is Cc1ccc(O)c(-c2n[nH]c3c2[C@H](c2cccc(O)c2)N(Cc2ccco2)C3=O)c1. The molecule has 4 aromatic rings. The molecule has 0 spiro atoms. The summed E-state index contributed by atoms with van der Waals surface area (Å²) in [6.45, 7) is 2.19. The van der Waals surface area contributed by atoms with Gasteiger partial charge in [-0.2, -0.15) is 5.10 Å². The van der Waals surface area contributed by atoms with Gasteiger partial charge < -0.3 is 19.5 Å². The van der Waals surface area contributed by atoms with Gasteiger partial charge in [0.15, 0.2) is 0 Å². The third kappa shape index (κ3) is 2.83. The van der Waals surface area contributed by atoms with Crippen molar-refractivity contribution in [2.45, 2.75) is 19.5 Å². The molecule has 0 unspecified atom stereocenters. The van der Waals surface area contributed by atoms with Crippen LogP contribution in [0.3, 0.4) is 0 Å². The van der Waals surface area contributed by atoms with E-state index in [2.05, 4.69) is 10.2 Å². The minimum atomic E-state index is -0.502. The zero-order valence-electron chi connectivity index (χ0n) is 16.2. The maximum atomic E-state index is 13.3. The van der Waals surface area contributed by atoms with Gasteiger partial charge >= 0.3 is 0 Å². The zero-order chi connectivity index (χ0) is 20.8. The van der Waals surface area contributed by atoms with Gasteiger partial charge in [0.05, 0.1) is 18.8 Å². The molecule has 0 radical (unpaired) electrons. The number of nitrogens with zero attached hydrogens (tertiary/aromatic N) is 2. The van der Waals surface area contributed by atoms with Crippen molar-refractivity contribution >= 4 is 5.91 Å². The molecule has 3 N–H and O–H groups in total. The summed E-state index contributed by atoms with van der Waals surface area (Å²) < 4.78 is 5.47. The molecule has 1 atom stereocenters. The van der Waals surface area contributed by atoms with E-state index < -0.39 is 6.04 Å². The van der Waals surface area contributed by atoms with E-state index in [1.54, 1.807) is 41.5 Å². The van der Waals surface area contributed by atoms with Crippen LogP contribution in [0.2, 0.25) is 0 Å². The molecular weight excluding hydrogens is 382 g/mol. The Kier molecular flexibility index (Phi) is 4.10. The fourth-order valence-corrected chi connectivity index (χ4v) is 4.02. The van der Waals surface area contributed by atoms with E-state index in [-0.39, 0.29) is 24.0 Å². The van der Waals surface area contributed by atoms with Crippen LogP contribution < -0.4 is 0 Å². The number of phenols is 2. The van der Waals surface area contributed by atoms with Gasteiger partial charge in [0.25, 0.3) is 5.91 Å². The van der Waals surface area contributed by atoms with Crippen molar-refractivity contribution in [3.63, 3.8) is 0 Å². The molecule has 0 aliphatic carbocycles. The molecule has 150 valence electrons. The Morgan fingerprint density at radius 1 is 1.13 bits per heavy atom. The molecule has 0 saturated heterocycles. The Balaban J connectivity index is 1.70. The molecule has 7 nitrogen and oxygen atoms in total. The number of rotatable bonds is 4. The number of carbonyl (C=O) groups is 1. The van der Waals surface area contributed by atoms with Crippen LogP contribution in [0.25, 0.3) is 11.3 Å². The topological polar surface area (TPSA) is 103 Å². The van der Waals surface area contributed by atoms with E-state index in [1.807, 2.05) is 31.2 Å². The third-order valence-electron chi connectivity index (χ3n) is 5.36. The number of amides is 1. The highest BCUT2D eigenvalue weighted by atomic mass is 16.3. The molecule has 7 heteroatoms. The molecule has 1 aliphatic heterocycles. The number of benzene rings is 2. The number of aryl methyl sites for hydroxylation is 1. The summed E-state index contributed by atoms with van der Waals surface area (Å²) >= 11 is 0. The fraction of sp³-hybridized carbons (Fsp3) is 0.130. The van der Waals surface area contributed by atoms with E-state index in [0.29, 0.717) is 28.3 Å². The second kappa shape index (κ2) is 6.81. The summed E-state index contributed by atoms with van der Waals surface area (Å²) in [5.74, 6) is 0.614. The first-order valence-corrected chi connectivity index (χ1v) is 9.53. The van der Waals surface area contributed by atoms with Crippen LogP contribution in [0, 0.1) is 6.92 Å². The molecule has 3 heterocycles. The number of aromatic amines is 1. The van der Waals surface area contributed by atoms with Gasteiger partial charge in [0, 0.05) is 11.1 Å². The van der Waals surface area contributed by atoms with Crippen LogP contribution >= 0.6 is 0 Å². The van der Waals surface area contributed by atoms with Gasteiger partial charge in [0.1, 0.15) is 28.6 Å². The average Bonchev–Trinajstić information content (AvgIpc) is 3.44. The Labute approximate surface area is 172 Å². The molecule has 1 amide bonds. The summed E-state index contributed by atoms with van der Waals surface area (Å²) in [7, 11) is 0. The van der Waals surface area contributed by atoms with E-state index in [0.717, 1.165) is 11.1 Å². The van der Waals surface area contributed by atoms with Crippen molar-refractivity contribution in [3.05, 3.63) is 89.0 Å². The summed E-state index contributed by atoms with van der Waals surface area (Å²) in [5, 5.41) is 27.8. The van der Waals surface area contributed by atoms with Crippen molar-refractivity contribution < 1.29 is 19.4 Å². The van der Waals surface area contributed by atoms with Gasteiger partial charge in [-0.25, -0.2) is 0 Å². The summed E-state index contributed by atoms with van der Waals surface area (Å²) in [6.07, 6.45) is 1.57. The molecule has 0 fully saturated rings. The first-order valence-electron chi connectivity index (χ1n) is 9.53. The van der Waals surface area contributed by atoms with E-state index in [1.165, 1.54) is 0 Å². The van der Waals surface area contributed by atoms with Crippen molar-refractivity contribution in [1.82, 2.24) is 15.1 Å². The number of nitrogens with one attached hydrogen (secondary N) is 1. The quantitative estimate of drug-likeness (QED) is 0.477. The highest BCUT2D eigenvalue weighted by Crippen LogP contribution is 2.45. The normalized spacial score (nSPS) is 15.6. The Morgan fingerprint density at radius 2 is 2.00 bits per heavy atom. The Hall–Kier alpha value is -4.00. The second-order valence-corrected chi connectivity index (χ2v) is 7.39. The van der Waals surface area contributed by atoms with Crippen LogP contribution in [0.15, 0.2) is 65.3 Å². The summed E-state index contributed by atoms with van der Waals surface area (Å²) in [4.78, 5) is 14.9. The minimum Gasteiger partial charge on any atom is -0.508 e. The van der Waals surface area contributed by atoms with Crippen molar-refractivity contribution in [2.24, 2.45) is 0 Å². The first-order chi connectivity index (χ1) is 14.5. The van der Waals surface area contributed by atoms with Crippen LogP contribution in [0.1, 0.15) is 39.0 Å². The van der Waals surface area contributed by atoms with Gasteiger partial charge in [-0.15, -0.1) is 0 Å². The van der Waals surface area contributed by atoms with Crippen molar-refractivity contribution in [3.8, 4) is 22.8 Å². The number of carbonyl (C=O) groups excluding carboxylic acids is 1. The molecule has 5 rings (SSSR count). The number of fused-ring (bicyclic) bond motifs is 1.